The first-order valence-electron chi connectivity index (χ1n) is 8.65. The van der Waals surface area contributed by atoms with E-state index in [9.17, 15) is 9.18 Å². The molecule has 0 spiro atoms. The minimum Gasteiger partial charge on any atom is -0.369 e. The number of rotatable bonds is 4. The molecule has 1 aromatic carbocycles. The summed E-state index contributed by atoms with van der Waals surface area (Å²) in [6.45, 7) is 4.73. The number of amides is 1. The Hall–Kier alpha value is -1.04. The second-order valence-electron chi connectivity index (χ2n) is 6.78. The van der Waals surface area contributed by atoms with Gasteiger partial charge in [0.25, 0.3) is 0 Å². The van der Waals surface area contributed by atoms with Crippen LogP contribution in [-0.2, 0) is 4.79 Å². The van der Waals surface area contributed by atoms with Gasteiger partial charge >= 0.3 is 0 Å². The van der Waals surface area contributed by atoms with Crippen LogP contribution in [0.4, 0.5) is 10.1 Å². The van der Waals surface area contributed by atoms with Crippen molar-refractivity contribution >= 4 is 36.4 Å². The lowest BCUT2D eigenvalue weighted by Crippen LogP contribution is -2.48. The predicted octanol–water partition coefficient (Wildman–Crippen LogP) is 3.20. The second-order valence-corrected chi connectivity index (χ2v) is 6.78. The minimum absolute atomic E-state index is 0. The molecule has 2 heterocycles. The second kappa shape index (κ2) is 10.2. The first kappa shape index (κ1) is 22.0. The van der Waals surface area contributed by atoms with Crippen molar-refractivity contribution in [1.29, 1.82) is 0 Å². The van der Waals surface area contributed by atoms with Crippen LogP contribution in [0.1, 0.15) is 37.7 Å². The van der Waals surface area contributed by atoms with Gasteiger partial charge in [-0.15, -0.1) is 24.8 Å². The Labute approximate surface area is 161 Å². The molecule has 1 amide bonds. The lowest BCUT2D eigenvalue weighted by Gasteiger charge is -2.35. The van der Waals surface area contributed by atoms with Gasteiger partial charge in [0, 0.05) is 37.3 Å². The zero-order valence-electron chi connectivity index (χ0n) is 14.6. The molecule has 4 nitrogen and oxygen atoms in total. The molecule has 2 atom stereocenters. The van der Waals surface area contributed by atoms with Crippen molar-refractivity contribution in [2.45, 2.75) is 51.1 Å². The van der Waals surface area contributed by atoms with Gasteiger partial charge in [-0.3, -0.25) is 4.79 Å². The van der Waals surface area contributed by atoms with E-state index in [1.54, 1.807) is 6.07 Å². The van der Waals surface area contributed by atoms with Crippen molar-refractivity contribution in [2.75, 3.05) is 24.5 Å². The summed E-state index contributed by atoms with van der Waals surface area (Å²) in [7, 11) is 0. The van der Waals surface area contributed by atoms with E-state index in [-0.39, 0.29) is 42.6 Å². The Kier molecular flexibility index (Phi) is 8.97. The lowest BCUT2D eigenvalue weighted by molar-refractivity contribution is -0.122. The molecule has 142 valence electrons. The molecule has 1 aromatic rings. The Morgan fingerprint density at radius 1 is 1.32 bits per heavy atom. The maximum atomic E-state index is 13.3. The van der Waals surface area contributed by atoms with Crippen molar-refractivity contribution in [1.82, 2.24) is 10.6 Å². The van der Waals surface area contributed by atoms with Gasteiger partial charge < -0.3 is 15.5 Å². The molecule has 2 N–H and O–H groups in total. The van der Waals surface area contributed by atoms with Crippen LogP contribution in [0.5, 0.6) is 0 Å². The molecule has 0 aromatic heterocycles. The van der Waals surface area contributed by atoms with E-state index >= 15 is 0 Å². The monoisotopic (exact) mass is 391 g/mol. The van der Waals surface area contributed by atoms with Crippen LogP contribution < -0.4 is 15.5 Å². The molecule has 7 heteroatoms. The summed E-state index contributed by atoms with van der Waals surface area (Å²) in [6.07, 6.45) is 4.90. The zero-order chi connectivity index (χ0) is 16.2. The standard InChI is InChI=1S/C18H26FN3O.2ClH/c1-13-10-14(19)6-7-17(13)22-9-3-5-16(12-22)21-18(23)11-15-4-2-8-20-15;;/h6-7,10,15-16,20H,2-5,8-9,11-12H2,1H3,(H,21,23);2*1H. The minimum atomic E-state index is -0.197. The van der Waals surface area contributed by atoms with E-state index in [0.29, 0.717) is 12.5 Å². The summed E-state index contributed by atoms with van der Waals surface area (Å²) < 4.78 is 13.3. The molecular formula is C18H28Cl2FN3O. The molecule has 25 heavy (non-hydrogen) atoms. The highest BCUT2D eigenvalue weighted by molar-refractivity contribution is 5.85. The van der Waals surface area contributed by atoms with E-state index in [2.05, 4.69) is 15.5 Å². The summed E-state index contributed by atoms with van der Waals surface area (Å²) in [5, 5.41) is 6.55. The maximum absolute atomic E-state index is 13.3. The van der Waals surface area contributed by atoms with Gasteiger partial charge in [0.1, 0.15) is 5.82 Å². The van der Waals surface area contributed by atoms with Crippen molar-refractivity contribution in [3.05, 3.63) is 29.6 Å². The summed E-state index contributed by atoms with van der Waals surface area (Å²) in [5.41, 5.74) is 2.02. The molecule has 0 saturated carbocycles. The topological polar surface area (TPSA) is 44.4 Å². The Morgan fingerprint density at radius 3 is 2.80 bits per heavy atom. The average Bonchev–Trinajstić information content (AvgIpc) is 3.00. The van der Waals surface area contributed by atoms with Crippen LogP contribution in [0.15, 0.2) is 18.2 Å². The highest BCUT2D eigenvalue weighted by Crippen LogP contribution is 2.24. The van der Waals surface area contributed by atoms with Crippen LogP contribution in [0.3, 0.4) is 0 Å². The van der Waals surface area contributed by atoms with Gasteiger partial charge in [-0.1, -0.05) is 0 Å². The molecule has 0 radical (unpaired) electrons. The number of carbonyl (C=O) groups excluding carboxylic acids is 1. The fourth-order valence-electron chi connectivity index (χ4n) is 3.73. The maximum Gasteiger partial charge on any atom is 0.221 e. The highest BCUT2D eigenvalue weighted by Gasteiger charge is 2.24. The third-order valence-electron chi connectivity index (χ3n) is 4.88. The van der Waals surface area contributed by atoms with Gasteiger partial charge in [0.2, 0.25) is 5.91 Å². The predicted molar refractivity (Wildman–Crippen MR) is 105 cm³/mol. The van der Waals surface area contributed by atoms with Crippen LogP contribution in [-0.4, -0.2) is 37.6 Å². The number of nitrogens with one attached hydrogen (secondary N) is 2. The smallest absolute Gasteiger partial charge is 0.221 e. The van der Waals surface area contributed by atoms with Gasteiger partial charge in [0.15, 0.2) is 0 Å². The number of anilines is 1. The van der Waals surface area contributed by atoms with Crippen molar-refractivity contribution in [3.8, 4) is 0 Å². The number of hydrogen-bond acceptors (Lipinski definition) is 3. The van der Waals surface area contributed by atoms with Gasteiger partial charge in [-0.05, 0) is 62.9 Å². The molecule has 2 fully saturated rings. The third-order valence-corrected chi connectivity index (χ3v) is 4.88. The average molecular weight is 392 g/mol. The van der Waals surface area contributed by atoms with Crippen LogP contribution in [0.2, 0.25) is 0 Å². The van der Waals surface area contributed by atoms with Crippen molar-refractivity contribution in [2.24, 2.45) is 0 Å². The SMILES string of the molecule is Cc1cc(F)ccc1N1CCCC(NC(=O)CC2CCCN2)C1.Cl.Cl. The van der Waals surface area contributed by atoms with Gasteiger partial charge in [-0.25, -0.2) is 4.39 Å². The number of aryl methyl sites for hydroxylation is 1. The molecule has 2 aliphatic rings. The number of halogens is 3. The molecule has 2 saturated heterocycles. The zero-order valence-corrected chi connectivity index (χ0v) is 16.2. The fourth-order valence-corrected chi connectivity index (χ4v) is 3.73. The van der Waals surface area contributed by atoms with Gasteiger partial charge in [0.05, 0.1) is 0 Å². The summed E-state index contributed by atoms with van der Waals surface area (Å²) >= 11 is 0. The number of benzene rings is 1. The number of nitrogens with zero attached hydrogens (tertiary/aromatic N) is 1. The summed E-state index contributed by atoms with van der Waals surface area (Å²) in [5.74, 6) is -0.0516. The van der Waals surface area contributed by atoms with E-state index in [0.717, 1.165) is 50.1 Å². The van der Waals surface area contributed by atoms with Crippen LogP contribution >= 0.6 is 24.8 Å². The number of piperidine rings is 1. The summed E-state index contributed by atoms with van der Waals surface area (Å²) in [6, 6.07) is 5.45. The molecule has 2 unspecified atom stereocenters. The molecule has 0 aliphatic carbocycles. The largest absolute Gasteiger partial charge is 0.369 e. The van der Waals surface area contributed by atoms with Crippen LogP contribution in [0, 0.1) is 12.7 Å². The quantitative estimate of drug-likeness (QED) is 0.827. The number of hydrogen-bond donors (Lipinski definition) is 2. The van der Waals surface area contributed by atoms with Crippen molar-refractivity contribution in [3.63, 3.8) is 0 Å². The normalized spacial score (nSPS) is 22.7. The molecular weight excluding hydrogens is 364 g/mol. The van der Waals surface area contributed by atoms with E-state index in [1.807, 2.05) is 13.0 Å². The first-order chi connectivity index (χ1) is 11.1. The molecule has 3 rings (SSSR count). The highest BCUT2D eigenvalue weighted by atomic mass is 35.5. The Bertz CT molecular complexity index is 567. The Balaban J connectivity index is 0.00000156. The molecule has 0 bridgehead atoms. The Morgan fingerprint density at radius 2 is 2.12 bits per heavy atom. The van der Waals surface area contributed by atoms with Crippen LogP contribution in [0.25, 0.3) is 0 Å². The summed E-state index contributed by atoms with van der Waals surface area (Å²) in [4.78, 5) is 14.5. The van der Waals surface area contributed by atoms with E-state index < -0.39 is 0 Å². The fraction of sp³-hybridized carbons (Fsp3) is 0.611. The van der Waals surface area contributed by atoms with Crippen molar-refractivity contribution < 1.29 is 9.18 Å². The van der Waals surface area contributed by atoms with E-state index in [4.69, 9.17) is 0 Å². The molecule has 2 aliphatic heterocycles. The number of carbonyl (C=O) groups is 1. The van der Waals surface area contributed by atoms with E-state index in [1.165, 1.54) is 12.5 Å². The third kappa shape index (κ3) is 6.01. The first-order valence-corrected chi connectivity index (χ1v) is 8.65. The lowest BCUT2D eigenvalue weighted by atomic mass is 10.0. The van der Waals surface area contributed by atoms with Gasteiger partial charge in [-0.2, -0.15) is 0 Å².